The number of carbonyl (C=O) groups is 2. The Hall–Kier alpha value is -1.88. The summed E-state index contributed by atoms with van der Waals surface area (Å²) in [4.78, 5) is 26.0. The summed E-state index contributed by atoms with van der Waals surface area (Å²) in [5.74, 6) is -0.155. The maximum atomic E-state index is 12.2. The number of rotatable bonds is 9. The number of hydrogen-bond acceptors (Lipinski definition) is 3. The van der Waals surface area contributed by atoms with Gasteiger partial charge in [-0.05, 0) is 18.9 Å². The van der Waals surface area contributed by atoms with Crippen molar-refractivity contribution < 1.29 is 14.3 Å². The van der Waals surface area contributed by atoms with Crippen molar-refractivity contribution in [3.05, 3.63) is 35.9 Å². The molecule has 1 N–H and O–H groups in total. The number of carbonyl (C=O) groups excluding carboxylic acids is 2. The lowest BCUT2D eigenvalue weighted by Crippen LogP contribution is -2.47. The minimum Gasteiger partial charge on any atom is -0.385 e. The summed E-state index contributed by atoms with van der Waals surface area (Å²) in [6, 6.07) is 9.22. The zero-order chi connectivity index (χ0) is 16.4. The van der Waals surface area contributed by atoms with Crippen molar-refractivity contribution in [2.24, 2.45) is 0 Å². The van der Waals surface area contributed by atoms with Crippen LogP contribution in [0.5, 0.6) is 0 Å². The molecule has 1 aromatic carbocycles. The number of nitrogens with one attached hydrogen (secondary N) is 1. The maximum Gasteiger partial charge on any atom is 0.242 e. The predicted molar refractivity (Wildman–Crippen MR) is 86.2 cm³/mol. The van der Waals surface area contributed by atoms with E-state index in [0.29, 0.717) is 26.1 Å². The molecule has 1 atom stereocenters. The molecule has 0 radical (unpaired) electrons. The van der Waals surface area contributed by atoms with Crippen molar-refractivity contribution in [3.63, 3.8) is 0 Å². The number of nitrogens with zero attached hydrogens (tertiary/aromatic N) is 1. The topological polar surface area (TPSA) is 58.6 Å². The Balaban J connectivity index is 2.66. The number of amides is 2. The lowest BCUT2D eigenvalue weighted by Gasteiger charge is -2.28. The molecule has 0 fully saturated rings. The molecule has 0 saturated heterocycles. The standard InChI is InChI=1S/C17H26N2O3/c1-4-16(20)19(13-15-9-6-5-7-10-15)14(2)17(21)18-11-8-12-22-3/h5-7,9-10,14H,4,8,11-13H2,1-3H3,(H,18,21)/t14-/m1/s1. The predicted octanol–water partition coefficient (Wildman–Crippen LogP) is 1.97. The highest BCUT2D eigenvalue weighted by atomic mass is 16.5. The van der Waals surface area contributed by atoms with Crippen molar-refractivity contribution in [1.29, 1.82) is 0 Å². The van der Waals surface area contributed by atoms with Crippen molar-refractivity contribution >= 4 is 11.8 Å². The second kappa shape index (κ2) is 9.95. The first-order valence-electron chi connectivity index (χ1n) is 7.70. The Morgan fingerprint density at radius 3 is 2.55 bits per heavy atom. The highest BCUT2D eigenvalue weighted by molar-refractivity contribution is 5.87. The third-order valence-electron chi connectivity index (χ3n) is 3.49. The van der Waals surface area contributed by atoms with Crippen LogP contribution in [-0.4, -0.2) is 43.0 Å². The van der Waals surface area contributed by atoms with Gasteiger partial charge >= 0.3 is 0 Å². The van der Waals surface area contributed by atoms with Gasteiger partial charge in [0, 0.05) is 33.2 Å². The molecule has 1 aromatic rings. The summed E-state index contributed by atoms with van der Waals surface area (Å²) in [5, 5.41) is 2.85. The molecule has 22 heavy (non-hydrogen) atoms. The molecule has 0 bridgehead atoms. The smallest absolute Gasteiger partial charge is 0.242 e. The molecule has 122 valence electrons. The Bertz CT molecular complexity index is 462. The summed E-state index contributed by atoms with van der Waals surface area (Å²) in [6.45, 7) is 5.18. The van der Waals surface area contributed by atoms with Crippen LogP contribution in [0.25, 0.3) is 0 Å². The molecule has 0 aromatic heterocycles. The molecule has 0 saturated carbocycles. The third kappa shape index (κ3) is 5.85. The Morgan fingerprint density at radius 2 is 1.95 bits per heavy atom. The number of methoxy groups -OCH3 is 1. The summed E-state index contributed by atoms with van der Waals surface area (Å²) in [5.41, 5.74) is 1.02. The molecule has 1 rings (SSSR count). The van der Waals surface area contributed by atoms with E-state index in [1.165, 1.54) is 0 Å². The highest BCUT2D eigenvalue weighted by Crippen LogP contribution is 2.10. The first kappa shape index (κ1) is 18.2. The maximum absolute atomic E-state index is 12.2. The van der Waals surface area contributed by atoms with Gasteiger partial charge in [0.05, 0.1) is 0 Å². The molecule has 0 aliphatic heterocycles. The second-order valence-electron chi connectivity index (χ2n) is 5.17. The molecule has 5 heteroatoms. The Labute approximate surface area is 132 Å². The van der Waals surface area contributed by atoms with Gasteiger partial charge in [-0.2, -0.15) is 0 Å². The quantitative estimate of drug-likeness (QED) is 0.710. The van der Waals surface area contributed by atoms with E-state index >= 15 is 0 Å². The monoisotopic (exact) mass is 306 g/mol. The van der Waals surface area contributed by atoms with Crippen molar-refractivity contribution in [2.45, 2.75) is 39.3 Å². The number of hydrogen-bond donors (Lipinski definition) is 1. The van der Waals surface area contributed by atoms with E-state index in [2.05, 4.69) is 5.32 Å². The normalized spacial score (nSPS) is 11.8. The van der Waals surface area contributed by atoms with Crippen LogP contribution in [-0.2, 0) is 20.9 Å². The second-order valence-corrected chi connectivity index (χ2v) is 5.17. The summed E-state index contributed by atoms with van der Waals surface area (Å²) in [6.07, 6.45) is 1.14. The van der Waals surface area contributed by atoms with Crippen LogP contribution in [0.3, 0.4) is 0 Å². The van der Waals surface area contributed by atoms with Crippen LogP contribution in [0.15, 0.2) is 30.3 Å². The molecular formula is C17H26N2O3. The zero-order valence-electron chi connectivity index (χ0n) is 13.7. The van der Waals surface area contributed by atoms with E-state index in [0.717, 1.165) is 12.0 Å². The van der Waals surface area contributed by atoms with Gasteiger partial charge in [0.2, 0.25) is 11.8 Å². The largest absolute Gasteiger partial charge is 0.385 e. The SMILES string of the molecule is CCC(=O)N(Cc1ccccc1)[C@H](C)C(=O)NCCCOC. The minimum atomic E-state index is -0.491. The first-order chi connectivity index (χ1) is 10.6. The van der Waals surface area contributed by atoms with Crippen molar-refractivity contribution in [2.75, 3.05) is 20.3 Å². The van der Waals surface area contributed by atoms with Gasteiger partial charge in [-0.25, -0.2) is 0 Å². The third-order valence-corrected chi connectivity index (χ3v) is 3.49. The van der Waals surface area contributed by atoms with Gasteiger partial charge < -0.3 is 15.0 Å². The van der Waals surface area contributed by atoms with E-state index in [1.54, 1.807) is 18.9 Å². The van der Waals surface area contributed by atoms with Gasteiger partial charge in [-0.3, -0.25) is 9.59 Å². The van der Waals surface area contributed by atoms with Gasteiger partial charge in [0.1, 0.15) is 6.04 Å². The van der Waals surface area contributed by atoms with E-state index in [1.807, 2.05) is 37.3 Å². The average molecular weight is 306 g/mol. The van der Waals surface area contributed by atoms with Crippen molar-refractivity contribution in [3.8, 4) is 0 Å². The van der Waals surface area contributed by atoms with E-state index in [-0.39, 0.29) is 11.8 Å². The number of benzene rings is 1. The molecule has 0 aliphatic rings. The molecule has 5 nitrogen and oxygen atoms in total. The first-order valence-corrected chi connectivity index (χ1v) is 7.70. The fourth-order valence-corrected chi connectivity index (χ4v) is 2.14. The number of ether oxygens (including phenoxy) is 1. The Morgan fingerprint density at radius 1 is 1.27 bits per heavy atom. The van der Waals surface area contributed by atoms with E-state index in [4.69, 9.17) is 4.74 Å². The van der Waals surface area contributed by atoms with Crippen LogP contribution in [0.4, 0.5) is 0 Å². The molecule has 0 aliphatic carbocycles. The molecule has 2 amide bonds. The van der Waals surface area contributed by atoms with Crippen molar-refractivity contribution in [1.82, 2.24) is 10.2 Å². The highest BCUT2D eigenvalue weighted by Gasteiger charge is 2.24. The van der Waals surface area contributed by atoms with Gasteiger partial charge in [0.25, 0.3) is 0 Å². The van der Waals surface area contributed by atoms with Crippen LogP contribution in [0.1, 0.15) is 32.3 Å². The van der Waals surface area contributed by atoms with Gasteiger partial charge in [0.15, 0.2) is 0 Å². The molecule has 0 unspecified atom stereocenters. The minimum absolute atomic E-state index is 0.0246. The van der Waals surface area contributed by atoms with Crippen LogP contribution in [0, 0.1) is 0 Å². The van der Waals surface area contributed by atoms with Gasteiger partial charge in [-0.1, -0.05) is 37.3 Å². The zero-order valence-corrected chi connectivity index (χ0v) is 13.7. The van der Waals surface area contributed by atoms with Crippen LogP contribution < -0.4 is 5.32 Å². The fraction of sp³-hybridized carbons (Fsp3) is 0.529. The fourth-order valence-electron chi connectivity index (χ4n) is 2.14. The summed E-state index contributed by atoms with van der Waals surface area (Å²) in [7, 11) is 1.63. The van der Waals surface area contributed by atoms with Crippen LogP contribution >= 0.6 is 0 Å². The average Bonchev–Trinajstić information content (AvgIpc) is 2.56. The summed E-state index contributed by atoms with van der Waals surface area (Å²) >= 11 is 0. The Kier molecular flexibility index (Phi) is 8.22. The molecular weight excluding hydrogens is 280 g/mol. The van der Waals surface area contributed by atoms with E-state index in [9.17, 15) is 9.59 Å². The van der Waals surface area contributed by atoms with Crippen LogP contribution in [0.2, 0.25) is 0 Å². The molecule has 0 spiro atoms. The lowest BCUT2D eigenvalue weighted by atomic mass is 10.1. The molecule has 0 heterocycles. The lowest BCUT2D eigenvalue weighted by molar-refractivity contribution is -0.140. The van der Waals surface area contributed by atoms with E-state index < -0.39 is 6.04 Å². The van der Waals surface area contributed by atoms with Gasteiger partial charge in [-0.15, -0.1) is 0 Å². The summed E-state index contributed by atoms with van der Waals surface area (Å²) < 4.78 is 4.95.